The van der Waals surface area contributed by atoms with Crippen molar-refractivity contribution >= 4 is 17.1 Å². The van der Waals surface area contributed by atoms with Crippen LogP contribution in [0.3, 0.4) is 0 Å². The molecule has 0 amide bonds. The minimum absolute atomic E-state index is 0.0623. The summed E-state index contributed by atoms with van der Waals surface area (Å²) in [6.07, 6.45) is 0. The van der Waals surface area contributed by atoms with Crippen LogP contribution in [-0.4, -0.2) is 17.1 Å². The maximum absolute atomic E-state index is 10.8. The Bertz CT molecular complexity index is 584. The molecule has 0 radical (unpaired) electrons. The minimum Gasteiger partial charge on any atom is -0.391 e. The number of nitrogens with zero attached hydrogens (tertiary/aromatic N) is 2. The summed E-state index contributed by atoms with van der Waals surface area (Å²) in [6, 6.07) is 14.4. The van der Waals surface area contributed by atoms with Gasteiger partial charge in [-0.2, -0.15) is 0 Å². The number of benzene rings is 2. The monoisotopic (exact) mass is 258 g/mol. The molecule has 19 heavy (non-hydrogen) atoms. The van der Waals surface area contributed by atoms with Crippen molar-refractivity contribution in [2.45, 2.75) is 6.61 Å². The van der Waals surface area contributed by atoms with Crippen LogP contribution in [0.15, 0.2) is 48.5 Å². The van der Waals surface area contributed by atoms with E-state index in [2.05, 4.69) is 0 Å². The van der Waals surface area contributed by atoms with Crippen LogP contribution < -0.4 is 4.90 Å². The van der Waals surface area contributed by atoms with Crippen LogP contribution in [0.5, 0.6) is 0 Å². The Kier molecular flexibility index (Phi) is 3.77. The number of aliphatic hydroxyl groups excluding tert-OH is 1. The van der Waals surface area contributed by atoms with Gasteiger partial charge in [0.1, 0.15) is 0 Å². The summed E-state index contributed by atoms with van der Waals surface area (Å²) in [5, 5.41) is 20.0. The first-order valence-corrected chi connectivity index (χ1v) is 5.80. The molecule has 0 fully saturated rings. The highest BCUT2D eigenvalue weighted by atomic mass is 16.6. The van der Waals surface area contributed by atoms with Crippen molar-refractivity contribution in [3.63, 3.8) is 0 Å². The maximum Gasteiger partial charge on any atom is 0.275 e. The van der Waals surface area contributed by atoms with Crippen LogP contribution >= 0.6 is 0 Å². The number of hydrogen-bond acceptors (Lipinski definition) is 4. The second-order valence-corrected chi connectivity index (χ2v) is 4.12. The smallest absolute Gasteiger partial charge is 0.275 e. The van der Waals surface area contributed by atoms with Crippen LogP contribution in [0.4, 0.5) is 17.1 Å². The molecule has 0 saturated carbocycles. The number of nitro groups is 1. The normalized spacial score (nSPS) is 10.2. The van der Waals surface area contributed by atoms with Crippen molar-refractivity contribution < 1.29 is 10.0 Å². The van der Waals surface area contributed by atoms with E-state index in [1.807, 2.05) is 42.3 Å². The first-order chi connectivity index (χ1) is 9.13. The third-order valence-corrected chi connectivity index (χ3v) is 2.96. The van der Waals surface area contributed by atoms with Gasteiger partial charge in [-0.3, -0.25) is 10.1 Å². The molecule has 2 aromatic rings. The molecule has 0 aromatic heterocycles. The van der Waals surface area contributed by atoms with Gasteiger partial charge >= 0.3 is 0 Å². The van der Waals surface area contributed by atoms with Gasteiger partial charge < -0.3 is 10.0 Å². The van der Waals surface area contributed by atoms with Gasteiger partial charge in [0.15, 0.2) is 0 Å². The van der Waals surface area contributed by atoms with E-state index >= 15 is 0 Å². The van der Waals surface area contributed by atoms with Gasteiger partial charge in [0.25, 0.3) is 5.69 Å². The topological polar surface area (TPSA) is 66.6 Å². The molecule has 2 aromatic carbocycles. The van der Waals surface area contributed by atoms with E-state index in [-0.39, 0.29) is 12.3 Å². The average Bonchev–Trinajstić information content (AvgIpc) is 2.46. The molecule has 5 nitrogen and oxygen atoms in total. The van der Waals surface area contributed by atoms with Gasteiger partial charge in [0.2, 0.25) is 0 Å². The molecule has 2 rings (SSSR count). The van der Waals surface area contributed by atoms with E-state index in [4.69, 9.17) is 0 Å². The van der Waals surface area contributed by atoms with Gasteiger partial charge in [0, 0.05) is 24.5 Å². The van der Waals surface area contributed by atoms with Crippen LogP contribution in [0.1, 0.15) is 5.56 Å². The van der Waals surface area contributed by atoms with Gasteiger partial charge in [-0.05, 0) is 24.3 Å². The largest absolute Gasteiger partial charge is 0.391 e. The van der Waals surface area contributed by atoms with Gasteiger partial charge in [0.05, 0.1) is 17.1 Å². The molecule has 0 unspecified atom stereocenters. The highest BCUT2D eigenvalue weighted by Gasteiger charge is 2.15. The zero-order valence-corrected chi connectivity index (χ0v) is 10.5. The summed E-state index contributed by atoms with van der Waals surface area (Å²) in [5.74, 6) is 0. The molecule has 1 N–H and O–H groups in total. The molecular formula is C14H14N2O3. The lowest BCUT2D eigenvalue weighted by atomic mass is 10.1. The van der Waals surface area contributed by atoms with Gasteiger partial charge in [-0.1, -0.05) is 18.2 Å². The van der Waals surface area contributed by atoms with Crippen molar-refractivity contribution in [1.82, 2.24) is 0 Å². The number of anilines is 2. The van der Waals surface area contributed by atoms with Crippen molar-refractivity contribution in [2.24, 2.45) is 0 Å². The Labute approximate surface area is 110 Å². The first kappa shape index (κ1) is 13.0. The molecule has 0 aliphatic carbocycles. The molecule has 98 valence electrons. The molecule has 0 heterocycles. The fourth-order valence-electron chi connectivity index (χ4n) is 1.89. The summed E-state index contributed by atoms with van der Waals surface area (Å²) in [6.45, 7) is -0.354. The lowest BCUT2D eigenvalue weighted by Gasteiger charge is -2.20. The predicted molar refractivity (Wildman–Crippen MR) is 73.5 cm³/mol. The van der Waals surface area contributed by atoms with Crippen LogP contribution in [0, 0.1) is 10.1 Å². The van der Waals surface area contributed by atoms with Crippen LogP contribution in [0.2, 0.25) is 0 Å². The average molecular weight is 258 g/mol. The van der Waals surface area contributed by atoms with E-state index in [0.29, 0.717) is 5.56 Å². The number of rotatable bonds is 4. The van der Waals surface area contributed by atoms with E-state index in [0.717, 1.165) is 11.4 Å². The maximum atomic E-state index is 10.8. The summed E-state index contributed by atoms with van der Waals surface area (Å²) in [5.41, 5.74) is 2.01. The van der Waals surface area contributed by atoms with Crippen LogP contribution in [0.25, 0.3) is 0 Å². The molecule has 0 saturated heterocycles. The third-order valence-electron chi connectivity index (χ3n) is 2.96. The molecule has 5 heteroatoms. The van der Waals surface area contributed by atoms with Crippen LogP contribution in [-0.2, 0) is 6.61 Å². The second-order valence-electron chi connectivity index (χ2n) is 4.12. The SMILES string of the molecule is CN(c1ccccc1)c1ccc([N+](=O)[O-])c(CO)c1. The zero-order valence-electron chi connectivity index (χ0n) is 10.5. The molecule has 0 atom stereocenters. The summed E-state index contributed by atoms with van der Waals surface area (Å²) in [4.78, 5) is 12.2. The van der Waals surface area contributed by atoms with E-state index < -0.39 is 4.92 Å². The lowest BCUT2D eigenvalue weighted by molar-refractivity contribution is -0.385. The van der Waals surface area contributed by atoms with Crippen molar-refractivity contribution in [3.8, 4) is 0 Å². The highest BCUT2D eigenvalue weighted by molar-refractivity contribution is 5.65. The summed E-state index contributed by atoms with van der Waals surface area (Å²) >= 11 is 0. The quantitative estimate of drug-likeness (QED) is 0.676. The van der Waals surface area contributed by atoms with E-state index in [1.54, 1.807) is 12.1 Å². The lowest BCUT2D eigenvalue weighted by Crippen LogP contribution is -2.10. The van der Waals surface area contributed by atoms with Gasteiger partial charge in [-0.15, -0.1) is 0 Å². The van der Waals surface area contributed by atoms with Crippen molar-refractivity contribution in [2.75, 3.05) is 11.9 Å². The Hall–Kier alpha value is -2.40. The molecular weight excluding hydrogens is 244 g/mol. The Morgan fingerprint density at radius 1 is 1.16 bits per heavy atom. The molecule has 0 spiro atoms. The summed E-state index contributed by atoms with van der Waals surface area (Å²) < 4.78 is 0. The predicted octanol–water partition coefficient (Wildman–Crippen LogP) is 2.86. The van der Waals surface area contributed by atoms with E-state index in [1.165, 1.54) is 6.07 Å². The fourth-order valence-corrected chi connectivity index (χ4v) is 1.89. The molecule has 0 bridgehead atoms. The molecule has 0 aliphatic heterocycles. The number of hydrogen-bond donors (Lipinski definition) is 1. The summed E-state index contributed by atoms with van der Waals surface area (Å²) in [7, 11) is 1.87. The standard InChI is InChI=1S/C14H14N2O3/c1-15(12-5-3-2-4-6-12)13-7-8-14(16(18)19)11(9-13)10-17/h2-9,17H,10H2,1H3. The highest BCUT2D eigenvalue weighted by Crippen LogP contribution is 2.28. The van der Waals surface area contributed by atoms with Crippen molar-refractivity contribution in [3.05, 3.63) is 64.2 Å². The first-order valence-electron chi connectivity index (χ1n) is 5.80. The Morgan fingerprint density at radius 2 is 1.84 bits per heavy atom. The van der Waals surface area contributed by atoms with Gasteiger partial charge in [-0.25, -0.2) is 0 Å². The Balaban J connectivity index is 2.39. The minimum atomic E-state index is -0.488. The Morgan fingerprint density at radius 3 is 2.42 bits per heavy atom. The zero-order chi connectivity index (χ0) is 13.8. The second kappa shape index (κ2) is 5.49. The van der Waals surface area contributed by atoms with Crippen molar-refractivity contribution in [1.29, 1.82) is 0 Å². The molecule has 0 aliphatic rings. The number of para-hydroxylation sites is 1. The van der Waals surface area contributed by atoms with E-state index in [9.17, 15) is 15.2 Å². The third kappa shape index (κ3) is 2.71. The number of aliphatic hydroxyl groups is 1. The fraction of sp³-hybridized carbons (Fsp3) is 0.143. The number of nitro benzene ring substituents is 1.